The first kappa shape index (κ1) is 6.84. The maximum Gasteiger partial charge on any atom is 0.133 e. The zero-order chi connectivity index (χ0) is 6.85. The minimum absolute atomic E-state index is 0.475. The van der Waals surface area contributed by atoms with Crippen LogP contribution in [0.5, 0.6) is 0 Å². The molecular formula is C6H5Cl2N. The fraction of sp³-hybridized carbons (Fsp3) is 0.167. The van der Waals surface area contributed by atoms with Crippen LogP contribution in [-0.2, 0) is 0 Å². The van der Waals surface area contributed by atoms with E-state index in [-0.39, 0.29) is 0 Å². The Bertz CT molecular complexity index is 202. The molecule has 0 bridgehead atoms. The van der Waals surface area contributed by atoms with Gasteiger partial charge < -0.3 is 0 Å². The molecule has 1 nitrogen and oxygen atoms in total. The monoisotopic (exact) mass is 161 g/mol. The molecule has 3 heteroatoms. The molecule has 0 spiro atoms. The van der Waals surface area contributed by atoms with Gasteiger partial charge in [-0.25, -0.2) is 4.98 Å². The molecule has 0 aliphatic carbocycles. The quantitative estimate of drug-likeness (QED) is 0.534. The van der Waals surface area contributed by atoms with E-state index in [1.807, 2.05) is 6.92 Å². The van der Waals surface area contributed by atoms with Gasteiger partial charge in [0.1, 0.15) is 5.15 Å². The first-order valence-electron chi connectivity index (χ1n) is 2.48. The van der Waals surface area contributed by atoms with Gasteiger partial charge in [0.25, 0.3) is 0 Å². The van der Waals surface area contributed by atoms with Gasteiger partial charge in [0.05, 0.1) is 0 Å². The Hall–Kier alpha value is -0.270. The Balaban J connectivity index is 3.25. The third-order valence-corrected chi connectivity index (χ3v) is 1.87. The van der Waals surface area contributed by atoms with Crippen LogP contribution in [0.2, 0.25) is 10.2 Å². The van der Waals surface area contributed by atoms with Crippen molar-refractivity contribution in [3.63, 3.8) is 0 Å². The molecule has 0 unspecified atom stereocenters. The molecule has 0 aliphatic heterocycles. The second-order valence-electron chi connectivity index (χ2n) is 1.71. The lowest BCUT2D eigenvalue weighted by Crippen LogP contribution is -1.79. The van der Waals surface area contributed by atoms with E-state index in [0.717, 1.165) is 5.56 Å². The van der Waals surface area contributed by atoms with E-state index >= 15 is 0 Å². The number of rotatable bonds is 0. The summed E-state index contributed by atoms with van der Waals surface area (Å²) in [6.07, 6.45) is 1.58. The first-order valence-corrected chi connectivity index (χ1v) is 3.24. The van der Waals surface area contributed by atoms with Crippen molar-refractivity contribution in [2.75, 3.05) is 0 Å². The number of halogens is 2. The summed E-state index contributed by atoms with van der Waals surface area (Å²) in [5, 5.41) is 1.14. The van der Waals surface area contributed by atoms with Gasteiger partial charge in [0, 0.05) is 16.8 Å². The molecule has 1 heterocycles. The predicted octanol–water partition coefficient (Wildman–Crippen LogP) is 2.70. The summed E-state index contributed by atoms with van der Waals surface area (Å²) in [6, 6.07) is 1.71. The third-order valence-electron chi connectivity index (χ3n) is 1.08. The van der Waals surface area contributed by atoms with Crippen LogP contribution in [0.1, 0.15) is 5.56 Å². The Morgan fingerprint density at radius 1 is 1.44 bits per heavy atom. The SMILES string of the molecule is Cc1c(Cl)ccnc1Cl. The highest BCUT2D eigenvalue weighted by atomic mass is 35.5. The lowest BCUT2D eigenvalue weighted by Gasteiger charge is -1.95. The number of nitrogens with zero attached hydrogens (tertiary/aromatic N) is 1. The van der Waals surface area contributed by atoms with Gasteiger partial charge in [-0.2, -0.15) is 0 Å². The molecule has 0 saturated heterocycles. The van der Waals surface area contributed by atoms with Crippen LogP contribution in [-0.4, -0.2) is 4.98 Å². The van der Waals surface area contributed by atoms with Crippen molar-refractivity contribution >= 4 is 23.2 Å². The Labute approximate surface area is 63.6 Å². The lowest BCUT2D eigenvalue weighted by molar-refractivity contribution is 1.27. The van der Waals surface area contributed by atoms with Gasteiger partial charge >= 0.3 is 0 Å². The lowest BCUT2D eigenvalue weighted by atomic mass is 10.3. The summed E-state index contributed by atoms with van der Waals surface area (Å²) in [7, 11) is 0. The molecule has 0 fully saturated rings. The zero-order valence-corrected chi connectivity index (χ0v) is 6.37. The van der Waals surface area contributed by atoms with Gasteiger partial charge in [-0.1, -0.05) is 23.2 Å². The first-order chi connectivity index (χ1) is 4.22. The van der Waals surface area contributed by atoms with E-state index in [1.165, 1.54) is 0 Å². The molecule has 0 aliphatic rings. The van der Waals surface area contributed by atoms with Crippen molar-refractivity contribution in [3.8, 4) is 0 Å². The Morgan fingerprint density at radius 2 is 2.11 bits per heavy atom. The predicted molar refractivity (Wildman–Crippen MR) is 39.0 cm³/mol. The van der Waals surface area contributed by atoms with Crippen molar-refractivity contribution in [1.29, 1.82) is 0 Å². The largest absolute Gasteiger partial charge is 0.244 e. The molecule has 1 aromatic rings. The number of hydrogen-bond acceptors (Lipinski definition) is 1. The second-order valence-corrected chi connectivity index (χ2v) is 2.47. The van der Waals surface area contributed by atoms with Gasteiger partial charge in [0.2, 0.25) is 0 Å². The van der Waals surface area contributed by atoms with E-state index in [1.54, 1.807) is 12.3 Å². The van der Waals surface area contributed by atoms with E-state index in [0.29, 0.717) is 10.2 Å². The summed E-state index contributed by atoms with van der Waals surface area (Å²) in [6.45, 7) is 1.83. The van der Waals surface area contributed by atoms with E-state index < -0.39 is 0 Å². The van der Waals surface area contributed by atoms with Crippen molar-refractivity contribution in [1.82, 2.24) is 4.98 Å². The number of hydrogen-bond donors (Lipinski definition) is 0. The van der Waals surface area contributed by atoms with Crippen LogP contribution in [0.25, 0.3) is 0 Å². The van der Waals surface area contributed by atoms with Gasteiger partial charge in [-0.15, -0.1) is 0 Å². The van der Waals surface area contributed by atoms with Crippen molar-refractivity contribution in [3.05, 3.63) is 28.0 Å². The highest BCUT2D eigenvalue weighted by Crippen LogP contribution is 2.19. The van der Waals surface area contributed by atoms with Gasteiger partial charge in [0.15, 0.2) is 0 Å². The normalized spacial score (nSPS) is 9.67. The third kappa shape index (κ3) is 1.35. The van der Waals surface area contributed by atoms with Crippen LogP contribution in [0.3, 0.4) is 0 Å². The molecule has 0 aromatic carbocycles. The molecule has 48 valence electrons. The van der Waals surface area contributed by atoms with E-state index in [4.69, 9.17) is 23.2 Å². The minimum Gasteiger partial charge on any atom is -0.244 e. The molecule has 9 heavy (non-hydrogen) atoms. The van der Waals surface area contributed by atoms with Crippen LogP contribution in [0, 0.1) is 6.92 Å². The van der Waals surface area contributed by atoms with Gasteiger partial charge in [-0.05, 0) is 13.0 Å². The summed E-state index contributed by atoms with van der Waals surface area (Å²) >= 11 is 11.3. The van der Waals surface area contributed by atoms with Gasteiger partial charge in [-0.3, -0.25) is 0 Å². The molecular weight excluding hydrogens is 157 g/mol. The molecule has 0 saturated carbocycles. The van der Waals surface area contributed by atoms with Crippen LogP contribution in [0.4, 0.5) is 0 Å². The van der Waals surface area contributed by atoms with Crippen molar-refractivity contribution < 1.29 is 0 Å². The standard InChI is InChI=1S/C6H5Cl2N/c1-4-5(7)2-3-9-6(4)8/h2-3H,1H3. The number of pyridine rings is 1. The molecule has 0 atom stereocenters. The average Bonchev–Trinajstić information content (AvgIpc) is 1.83. The van der Waals surface area contributed by atoms with Crippen molar-refractivity contribution in [2.45, 2.75) is 6.92 Å². The van der Waals surface area contributed by atoms with Crippen LogP contribution < -0.4 is 0 Å². The molecule has 0 radical (unpaired) electrons. The number of aromatic nitrogens is 1. The summed E-state index contributed by atoms with van der Waals surface area (Å²) in [5.41, 5.74) is 0.834. The molecule has 0 N–H and O–H groups in total. The fourth-order valence-corrected chi connectivity index (χ4v) is 0.841. The molecule has 1 aromatic heterocycles. The summed E-state index contributed by atoms with van der Waals surface area (Å²) in [5.74, 6) is 0. The second kappa shape index (κ2) is 2.54. The highest BCUT2D eigenvalue weighted by Gasteiger charge is 1.97. The smallest absolute Gasteiger partial charge is 0.133 e. The van der Waals surface area contributed by atoms with Crippen LogP contribution in [0.15, 0.2) is 12.3 Å². The van der Waals surface area contributed by atoms with E-state index in [9.17, 15) is 0 Å². The Kier molecular flexibility index (Phi) is 1.94. The van der Waals surface area contributed by atoms with E-state index in [2.05, 4.69) is 4.98 Å². The summed E-state index contributed by atoms with van der Waals surface area (Å²) in [4.78, 5) is 3.82. The highest BCUT2D eigenvalue weighted by molar-refractivity contribution is 6.35. The zero-order valence-electron chi connectivity index (χ0n) is 4.86. The van der Waals surface area contributed by atoms with Crippen molar-refractivity contribution in [2.24, 2.45) is 0 Å². The Morgan fingerprint density at radius 3 is 2.56 bits per heavy atom. The fourth-order valence-electron chi connectivity index (χ4n) is 0.489. The average molecular weight is 162 g/mol. The molecule has 1 rings (SSSR count). The molecule has 0 amide bonds. The van der Waals surface area contributed by atoms with Crippen LogP contribution >= 0.6 is 23.2 Å². The maximum atomic E-state index is 5.69. The minimum atomic E-state index is 0.475. The topological polar surface area (TPSA) is 12.9 Å². The maximum absolute atomic E-state index is 5.69. The summed E-state index contributed by atoms with van der Waals surface area (Å²) < 4.78 is 0.